The van der Waals surface area contributed by atoms with Crippen LogP contribution in [-0.2, 0) is 11.3 Å². The highest BCUT2D eigenvalue weighted by molar-refractivity contribution is 5.78. The molecule has 0 aromatic carbocycles. The summed E-state index contributed by atoms with van der Waals surface area (Å²) in [4.78, 5) is 11.7. The van der Waals surface area contributed by atoms with Crippen molar-refractivity contribution >= 4 is 5.91 Å². The number of aryl methyl sites for hydroxylation is 2. The van der Waals surface area contributed by atoms with E-state index in [2.05, 4.69) is 10.5 Å². The monoisotopic (exact) mass is 225 g/mol. The zero-order valence-corrected chi connectivity index (χ0v) is 10.2. The van der Waals surface area contributed by atoms with Gasteiger partial charge in [-0.25, -0.2) is 0 Å². The van der Waals surface area contributed by atoms with Gasteiger partial charge in [0.15, 0.2) is 0 Å². The summed E-state index contributed by atoms with van der Waals surface area (Å²) in [6.07, 6.45) is 0. The van der Waals surface area contributed by atoms with E-state index in [0.717, 1.165) is 17.0 Å². The first-order valence-corrected chi connectivity index (χ1v) is 5.38. The van der Waals surface area contributed by atoms with Gasteiger partial charge in [-0.3, -0.25) is 4.79 Å². The van der Waals surface area contributed by atoms with Crippen molar-refractivity contribution in [1.29, 1.82) is 0 Å². The second-order valence-electron chi connectivity index (χ2n) is 4.17. The molecule has 1 aromatic heterocycles. The minimum absolute atomic E-state index is 0.0463. The third-order valence-electron chi connectivity index (χ3n) is 2.82. The zero-order chi connectivity index (χ0) is 12.3. The van der Waals surface area contributed by atoms with Crippen molar-refractivity contribution in [1.82, 2.24) is 10.5 Å². The Balaban J connectivity index is 2.55. The molecule has 0 fully saturated rings. The topological polar surface area (TPSA) is 81.2 Å². The standard InChI is InChI=1S/C11H19N3O2/c1-6(7(2)12)11(15)13-5-10-8(3)14-16-9(10)4/h6-7H,5,12H2,1-4H3,(H,13,15). The van der Waals surface area contributed by atoms with Crippen LogP contribution in [0.25, 0.3) is 0 Å². The van der Waals surface area contributed by atoms with Crippen molar-refractivity contribution in [3.05, 3.63) is 17.0 Å². The maximum Gasteiger partial charge on any atom is 0.224 e. The van der Waals surface area contributed by atoms with Gasteiger partial charge in [0.25, 0.3) is 0 Å². The Morgan fingerprint density at radius 1 is 1.50 bits per heavy atom. The molecule has 1 rings (SSSR count). The van der Waals surface area contributed by atoms with Crippen molar-refractivity contribution in [2.75, 3.05) is 0 Å². The molecule has 5 nitrogen and oxygen atoms in total. The smallest absolute Gasteiger partial charge is 0.224 e. The van der Waals surface area contributed by atoms with Crippen molar-refractivity contribution in [3.63, 3.8) is 0 Å². The van der Waals surface area contributed by atoms with Crippen molar-refractivity contribution in [2.45, 2.75) is 40.3 Å². The number of amides is 1. The molecule has 0 bridgehead atoms. The molecule has 2 atom stereocenters. The van der Waals surface area contributed by atoms with Gasteiger partial charge in [-0.05, 0) is 20.8 Å². The van der Waals surface area contributed by atoms with Gasteiger partial charge in [0.05, 0.1) is 5.69 Å². The van der Waals surface area contributed by atoms with Crippen LogP contribution < -0.4 is 11.1 Å². The van der Waals surface area contributed by atoms with E-state index in [9.17, 15) is 4.79 Å². The van der Waals surface area contributed by atoms with E-state index in [4.69, 9.17) is 10.3 Å². The van der Waals surface area contributed by atoms with E-state index in [0.29, 0.717) is 6.54 Å². The van der Waals surface area contributed by atoms with Gasteiger partial charge in [0.1, 0.15) is 5.76 Å². The fourth-order valence-electron chi connectivity index (χ4n) is 1.33. The van der Waals surface area contributed by atoms with Gasteiger partial charge in [0.2, 0.25) is 5.91 Å². The molecular weight excluding hydrogens is 206 g/mol. The lowest BCUT2D eigenvalue weighted by Gasteiger charge is -2.15. The van der Waals surface area contributed by atoms with Crippen LogP contribution in [0.3, 0.4) is 0 Å². The summed E-state index contributed by atoms with van der Waals surface area (Å²) in [6.45, 7) is 7.76. The first-order chi connectivity index (χ1) is 7.43. The van der Waals surface area contributed by atoms with Gasteiger partial charge in [-0.2, -0.15) is 0 Å². The number of hydrogen-bond donors (Lipinski definition) is 2. The number of nitrogens with one attached hydrogen (secondary N) is 1. The molecule has 0 radical (unpaired) electrons. The summed E-state index contributed by atoms with van der Waals surface area (Å²) in [6, 6.07) is -0.148. The number of aromatic nitrogens is 1. The molecule has 3 N–H and O–H groups in total. The molecule has 0 saturated carbocycles. The molecule has 16 heavy (non-hydrogen) atoms. The Labute approximate surface area is 95.4 Å². The van der Waals surface area contributed by atoms with Crippen molar-refractivity contribution < 1.29 is 9.32 Å². The lowest BCUT2D eigenvalue weighted by molar-refractivity contribution is -0.125. The number of carbonyl (C=O) groups excluding carboxylic acids is 1. The fourth-order valence-corrected chi connectivity index (χ4v) is 1.33. The van der Waals surface area contributed by atoms with Crippen molar-refractivity contribution in [2.24, 2.45) is 11.7 Å². The maximum absolute atomic E-state index is 11.7. The maximum atomic E-state index is 11.7. The van der Waals surface area contributed by atoms with E-state index in [1.54, 1.807) is 0 Å². The summed E-state index contributed by atoms with van der Waals surface area (Å²) in [5.41, 5.74) is 7.40. The zero-order valence-electron chi connectivity index (χ0n) is 10.2. The summed E-state index contributed by atoms with van der Waals surface area (Å²) < 4.78 is 5.01. The van der Waals surface area contributed by atoms with E-state index < -0.39 is 0 Å². The molecule has 0 spiro atoms. The van der Waals surface area contributed by atoms with Gasteiger partial charge in [-0.15, -0.1) is 0 Å². The second-order valence-corrected chi connectivity index (χ2v) is 4.17. The quantitative estimate of drug-likeness (QED) is 0.797. The predicted octanol–water partition coefficient (Wildman–Crippen LogP) is 0.891. The average molecular weight is 225 g/mol. The van der Waals surface area contributed by atoms with Crippen LogP contribution in [0.4, 0.5) is 0 Å². The second kappa shape index (κ2) is 5.12. The molecule has 0 aliphatic heterocycles. The molecule has 2 unspecified atom stereocenters. The Bertz CT molecular complexity index is 352. The van der Waals surface area contributed by atoms with Crippen LogP contribution in [0.2, 0.25) is 0 Å². The number of carbonyl (C=O) groups is 1. The molecule has 1 heterocycles. The summed E-state index contributed by atoms with van der Waals surface area (Å²) >= 11 is 0. The Morgan fingerprint density at radius 3 is 2.56 bits per heavy atom. The first-order valence-electron chi connectivity index (χ1n) is 5.38. The molecule has 1 aromatic rings. The summed E-state index contributed by atoms with van der Waals surface area (Å²) in [5.74, 6) is 0.502. The minimum Gasteiger partial charge on any atom is -0.361 e. The van der Waals surface area contributed by atoms with E-state index in [1.165, 1.54) is 0 Å². The molecule has 0 aliphatic carbocycles. The van der Waals surface area contributed by atoms with Gasteiger partial charge >= 0.3 is 0 Å². The van der Waals surface area contributed by atoms with Crippen LogP contribution in [0.5, 0.6) is 0 Å². The summed E-state index contributed by atoms with van der Waals surface area (Å²) in [5, 5.41) is 6.65. The molecule has 0 saturated heterocycles. The largest absolute Gasteiger partial charge is 0.361 e. The van der Waals surface area contributed by atoms with Crippen LogP contribution in [-0.4, -0.2) is 17.1 Å². The minimum atomic E-state index is -0.194. The highest BCUT2D eigenvalue weighted by Gasteiger charge is 2.17. The summed E-state index contributed by atoms with van der Waals surface area (Å²) in [7, 11) is 0. The number of rotatable bonds is 4. The number of nitrogens with two attached hydrogens (primary N) is 1. The van der Waals surface area contributed by atoms with Gasteiger partial charge < -0.3 is 15.6 Å². The molecule has 90 valence electrons. The lowest BCUT2D eigenvalue weighted by atomic mass is 10.0. The number of hydrogen-bond acceptors (Lipinski definition) is 4. The van der Waals surface area contributed by atoms with Gasteiger partial charge in [0, 0.05) is 24.1 Å². The Kier molecular flexibility index (Phi) is 4.06. The van der Waals surface area contributed by atoms with Crippen LogP contribution in [0.1, 0.15) is 30.9 Å². The van der Waals surface area contributed by atoms with Crippen LogP contribution >= 0.6 is 0 Å². The SMILES string of the molecule is Cc1noc(C)c1CNC(=O)C(C)C(C)N. The average Bonchev–Trinajstić information content (AvgIpc) is 2.54. The first kappa shape index (κ1) is 12.7. The highest BCUT2D eigenvalue weighted by atomic mass is 16.5. The molecule has 5 heteroatoms. The van der Waals surface area contributed by atoms with E-state index >= 15 is 0 Å². The Morgan fingerprint density at radius 2 is 2.12 bits per heavy atom. The number of nitrogens with zero attached hydrogens (tertiary/aromatic N) is 1. The van der Waals surface area contributed by atoms with Crippen LogP contribution in [0.15, 0.2) is 4.52 Å². The lowest BCUT2D eigenvalue weighted by Crippen LogP contribution is -2.38. The van der Waals surface area contributed by atoms with Crippen LogP contribution in [0, 0.1) is 19.8 Å². The molecular formula is C11H19N3O2. The van der Waals surface area contributed by atoms with E-state index in [1.807, 2.05) is 27.7 Å². The molecule has 0 aliphatic rings. The highest BCUT2D eigenvalue weighted by Crippen LogP contribution is 2.11. The molecule has 1 amide bonds. The predicted molar refractivity (Wildman–Crippen MR) is 60.6 cm³/mol. The fraction of sp³-hybridized carbons (Fsp3) is 0.636. The third-order valence-corrected chi connectivity index (χ3v) is 2.82. The van der Waals surface area contributed by atoms with E-state index in [-0.39, 0.29) is 17.9 Å². The third kappa shape index (κ3) is 2.82. The Hall–Kier alpha value is -1.36. The van der Waals surface area contributed by atoms with Gasteiger partial charge in [-0.1, -0.05) is 12.1 Å². The van der Waals surface area contributed by atoms with Crippen molar-refractivity contribution in [3.8, 4) is 0 Å². The normalized spacial score (nSPS) is 14.6.